The Morgan fingerprint density at radius 1 is 1.32 bits per heavy atom. The molecule has 0 radical (unpaired) electrons. The highest BCUT2D eigenvalue weighted by molar-refractivity contribution is 8.15. The first kappa shape index (κ1) is 15.0. The number of hydrogen-bond acceptors (Lipinski definition) is 4. The van der Waals surface area contributed by atoms with E-state index in [0.29, 0.717) is 17.4 Å². The maximum atomic E-state index is 11.9. The Labute approximate surface area is 114 Å². The molecule has 0 spiro atoms. The summed E-state index contributed by atoms with van der Waals surface area (Å²) in [5, 5.41) is 7.30. The summed E-state index contributed by atoms with van der Waals surface area (Å²) in [7, 11) is 1.54. The summed E-state index contributed by atoms with van der Waals surface area (Å²) >= 11 is 0.571. The largest absolute Gasteiger partial charge is 0.480 e. The van der Waals surface area contributed by atoms with Gasteiger partial charge in [-0.1, -0.05) is 18.2 Å². The summed E-state index contributed by atoms with van der Waals surface area (Å²) in [6, 6.07) is 8.79. The lowest BCUT2D eigenvalue weighted by Crippen LogP contribution is -2.30. The zero-order chi connectivity index (χ0) is 14.4. The Balaban J connectivity index is 2.72. The third-order valence-corrected chi connectivity index (χ3v) is 3.45. The van der Waals surface area contributed by atoms with Gasteiger partial charge in [-0.15, -0.1) is 0 Å². The van der Waals surface area contributed by atoms with Gasteiger partial charge in [0.05, 0.1) is 0 Å². The van der Waals surface area contributed by atoms with Gasteiger partial charge in [-0.25, -0.2) is 0 Å². The molecule has 0 fully saturated rings. The van der Waals surface area contributed by atoms with Crippen LogP contribution in [-0.4, -0.2) is 34.5 Å². The van der Waals surface area contributed by atoms with E-state index < -0.39 is 22.4 Å². The second-order valence-electron chi connectivity index (χ2n) is 3.78. The Hall–Kier alpha value is -2.02. The minimum Gasteiger partial charge on any atom is -0.480 e. The molecule has 1 aromatic rings. The molecular formula is C12H14N2O4S. The molecule has 0 heterocycles. The molecule has 2 amide bonds. The molecule has 0 aromatic heterocycles. The number of carbonyl (C=O) groups excluding carboxylic acids is 2. The number of amides is 2. The predicted octanol–water partition coefficient (Wildman–Crippen LogP) is 1.30. The van der Waals surface area contributed by atoms with E-state index in [2.05, 4.69) is 0 Å². The van der Waals surface area contributed by atoms with Crippen LogP contribution in [0.2, 0.25) is 0 Å². The van der Waals surface area contributed by atoms with Crippen LogP contribution >= 0.6 is 11.8 Å². The molecule has 0 aliphatic carbocycles. The van der Waals surface area contributed by atoms with Crippen molar-refractivity contribution in [1.29, 1.82) is 0 Å². The van der Waals surface area contributed by atoms with Crippen LogP contribution in [0.1, 0.15) is 6.42 Å². The van der Waals surface area contributed by atoms with E-state index >= 15 is 0 Å². The maximum absolute atomic E-state index is 11.9. The standard InChI is InChI=1S/C12H14N2O4S/c1-14(8-5-3-2-4-6-8)12(18)19-9(11(16)17)7-10(13)15/h2-6,9H,7H2,1H3,(H2,13,15)(H,16,17)/t9-/m0/s1. The average Bonchev–Trinajstić information content (AvgIpc) is 2.37. The highest BCUT2D eigenvalue weighted by Crippen LogP contribution is 2.22. The monoisotopic (exact) mass is 282 g/mol. The van der Waals surface area contributed by atoms with Gasteiger partial charge in [0, 0.05) is 19.2 Å². The number of carbonyl (C=O) groups is 3. The van der Waals surface area contributed by atoms with E-state index in [1.54, 1.807) is 24.3 Å². The summed E-state index contributed by atoms with van der Waals surface area (Å²) in [5.41, 5.74) is 5.60. The molecule has 0 saturated carbocycles. The van der Waals surface area contributed by atoms with Crippen LogP contribution in [0.5, 0.6) is 0 Å². The number of nitrogens with two attached hydrogens (primary N) is 1. The molecular weight excluding hydrogens is 268 g/mol. The van der Waals surface area contributed by atoms with Gasteiger partial charge in [0.2, 0.25) is 5.91 Å². The van der Waals surface area contributed by atoms with Crippen molar-refractivity contribution < 1.29 is 19.5 Å². The fraction of sp³-hybridized carbons (Fsp3) is 0.250. The van der Waals surface area contributed by atoms with Gasteiger partial charge >= 0.3 is 5.97 Å². The first-order valence-corrected chi connectivity index (χ1v) is 6.30. The van der Waals surface area contributed by atoms with Gasteiger partial charge in [-0.05, 0) is 23.9 Å². The molecule has 0 unspecified atom stereocenters. The number of thioether (sulfide) groups is 1. The number of carboxylic acid groups (broad SMARTS) is 1. The Morgan fingerprint density at radius 2 is 1.89 bits per heavy atom. The van der Waals surface area contributed by atoms with Crippen molar-refractivity contribution in [2.45, 2.75) is 11.7 Å². The van der Waals surface area contributed by atoms with E-state index in [4.69, 9.17) is 10.8 Å². The second-order valence-corrected chi connectivity index (χ2v) is 4.93. The molecule has 19 heavy (non-hydrogen) atoms. The molecule has 1 atom stereocenters. The minimum atomic E-state index is -1.24. The predicted molar refractivity (Wildman–Crippen MR) is 73.1 cm³/mol. The van der Waals surface area contributed by atoms with Crippen LogP contribution in [0, 0.1) is 0 Å². The van der Waals surface area contributed by atoms with E-state index in [1.165, 1.54) is 11.9 Å². The Bertz CT molecular complexity index is 478. The number of nitrogens with zero attached hydrogens (tertiary/aromatic N) is 1. The molecule has 102 valence electrons. The highest BCUT2D eigenvalue weighted by atomic mass is 32.2. The van der Waals surface area contributed by atoms with Crippen LogP contribution < -0.4 is 10.6 Å². The van der Waals surface area contributed by atoms with Crippen LogP contribution in [0.4, 0.5) is 10.5 Å². The molecule has 1 rings (SSSR count). The van der Waals surface area contributed by atoms with Crippen molar-refractivity contribution >= 4 is 34.6 Å². The number of aliphatic carboxylic acids is 1. The lowest BCUT2D eigenvalue weighted by molar-refractivity contribution is -0.137. The number of carboxylic acids is 1. The Morgan fingerprint density at radius 3 is 2.37 bits per heavy atom. The first-order chi connectivity index (χ1) is 8.91. The van der Waals surface area contributed by atoms with E-state index in [-0.39, 0.29) is 6.42 Å². The summed E-state index contributed by atoms with van der Waals surface area (Å²) in [4.78, 5) is 34.9. The molecule has 6 nitrogen and oxygen atoms in total. The maximum Gasteiger partial charge on any atom is 0.317 e. The normalized spacial score (nSPS) is 11.6. The number of anilines is 1. The SMILES string of the molecule is CN(C(=O)S[C@@H](CC(N)=O)C(=O)O)c1ccccc1. The van der Waals surface area contributed by atoms with Crippen molar-refractivity contribution in [2.24, 2.45) is 5.73 Å². The molecule has 1 aromatic carbocycles. The molecule has 0 aliphatic rings. The summed E-state index contributed by atoms with van der Waals surface area (Å²) < 4.78 is 0. The van der Waals surface area contributed by atoms with Gasteiger partial charge in [0.15, 0.2) is 0 Å². The first-order valence-electron chi connectivity index (χ1n) is 5.42. The topological polar surface area (TPSA) is 101 Å². The van der Waals surface area contributed by atoms with E-state index in [1.807, 2.05) is 6.07 Å². The van der Waals surface area contributed by atoms with Crippen molar-refractivity contribution in [3.8, 4) is 0 Å². The third kappa shape index (κ3) is 4.63. The highest BCUT2D eigenvalue weighted by Gasteiger charge is 2.26. The van der Waals surface area contributed by atoms with E-state index in [0.717, 1.165) is 0 Å². The zero-order valence-electron chi connectivity index (χ0n) is 10.3. The molecule has 0 saturated heterocycles. The number of para-hydroxylation sites is 1. The van der Waals surface area contributed by atoms with Crippen molar-refractivity contribution in [1.82, 2.24) is 0 Å². The molecule has 3 N–H and O–H groups in total. The fourth-order valence-corrected chi connectivity index (χ4v) is 2.18. The average molecular weight is 282 g/mol. The quantitative estimate of drug-likeness (QED) is 0.847. The third-order valence-electron chi connectivity index (χ3n) is 2.32. The second kappa shape index (κ2) is 6.79. The number of benzene rings is 1. The lowest BCUT2D eigenvalue weighted by atomic mass is 10.3. The molecule has 7 heteroatoms. The minimum absolute atomic E-state index is 0.381. The van der Waals surface area contributed by atoms with Crippen molar-refractivity contribution in [2.75, 3.05) is 11.9 Å². The van der Waals surface area contributed by atoms with Crippen molar-refractivity contribution in [3.63, 3.8) is 0 Å². The van der Waals surface area contributed by atoms with Crippen molar-refractivity contribution in [3.05, 3.63) is 30.3 Å². The smallest absolute Gasteiger partial charge is 0.317 e. The van der Waals surface area contributed by atoms with Crippen LogP contribution in [0.15, 0.2) is 30.3 Å². The summed E-state index contributed by atoms with van der Waals surface area (Å²) in [6.45, 7) is 0. The number of rotatable bonds is 5. The zero-order valence-corrected chi connectivity index (χ0v) is 11.1. The van der Waals surface area contributed by atoms with Crippen LogP contribution in [-0.2, 0) is 9.59 Å². The molecule has 0 aliphatic heterocycles. The molecule has 0 bridgehead atoms. The van der Waals surface area contributed by atoms with Gasteiger partial charge in [-0.3, -0.25) is 14.4 Å². The van der Waals surface area contributed by atoms with E-state index in [9.17, 15) is 14.4 Å². The fourth-order valence-electron chi connectivity index (χ4n) is 1.32. The van der Waals surface area contributed by atoms with Gasteiger partial charge in [0.1, 0.15) is 5.25 Å². The lowest BCUT2D eigenvalue weighted by Gasteiger charge is -2.18. The Kier molecular flexibility index (Phi) is 5.37. The summed E-state index contributed by atoms with van der Waals surface area (Å²) in [6.07, 6.45) is -0.381. The van der Waals surface area contributed by atoms with Gasteiger partial charge < -0.3 is 15.7 Å². The summed E-state index contributed by atoms with van der Waals surface area (Å²) in [5.74, 6) is -1.99. The van der Waals surface area contributed by atoms with Crippen LogP contribution in [0.25, 0.3) is 0 Å². The number of hydrogen-bond donors (Lipinski definition) is 2. The van der Waals surface area contributed by atoms with Crippen LogP contribution in [0.3, 0.4) is 0 Å². The van der Waals surface area contributed by atoms with Gasteiger partial charge in [-0.2, -0.15) is 0 Å². The number of primary amides is 1. The van der Waals surface area contributed by atoms with Gasteiger partial charge in [0.25, 0.3) is 5.24 Å².